The van der Waals surface area contributed by atoms with Crippen LogP contribution in [-0.4, -0.2) is 31.4 Å². The molecule has 0 saturated heterocycles. The van der Waals surface area contributed by atoms with Crippen LogP contribution in [0.25, 0.3) is 0 Å². The molecule has 1 rings (SSSR count). The topological polar surface area (TPSA) is 84.2 Å². The first kappa shape index (κ1) is 16.2. The zero-order chi connectivity index (χ0) is 15.2. The molecule has 0 bridgehead atoms. The Kier molecular flexibility index (Phi) is 5.70. The highest BCUT2D eigenvalue weighted by atomic mass is 16.2. The van der Waals surface area contributed by atoms with Gasteiger partial charge in [-0.25, -0.2) is 0 Å². The molecule has 1 aromatic rings. The van der Waals surface area contributed by atoms with Gasteiger partial charge in [0.15, 0.2) is 0 Å². The van der Waals surface area contributed by atoms with Gasteiger partial charge in [0, 0.05) is 13.6 Å². The second kappa shape index (κ2) is 7.05. The van der Waals surface area contributed by atoms with E-state index < -0.39 is 11.5 Å². The Morgan fingerprint density at radius 1 is 1.25 bits per heavy atom. The number of nitrogens with two attached hydrogens (primary N) is 1. The van der Waals surface area contributed by atoms with E-state index in [0.717, 1.165) is 5.56 Å². The molecule has 110 valence electrons. The molecule has 0 aromatic heterocycles. The summed E-state index contributed by atoms with van der Waals surface area (Å²) in [6, 6.07) is 8.99. The molecule has 4 N–H and O–H groups in total. The van der Waals surface area contributed by atoms with Crippen molar-refractivity contribution in [3.63, 3.8) is 0 Å². The van der Waals surface area contributed by atoms with Crippen LogP contribution in [0.3, 0.4) is 0 Å². The van der Waals surface area contributed by atoms with E-state index >= 15 is 0 Å². The molecule has 0 unspecified atom stereocenters. The molecule has 1 aromatic carbocycles. The second-order valence-electron chi connectivity index (χ2n) is 5.48. The monoisotopic (exact) mass is 277 g/mol. The van der Waals surface area contributed by atoms with Crippen molar-refractivity contribution in [2.24, 2.45) is 11.1 Å². The van der Waals surface area contributed by atoms with E-state index in [4.69, 9.17) is 5.73 Å². The van der Waals surface area contributed by atoms with Gasteiger partial charge >= 0.3 is 0 Å². The quantitative estimate of drug-likeness (QED) is 0.705. The van der Waals surface area contributed by atoms with Crippen LogP contribution in [-0.2, 0) is 16.0 Å². The first-order valence-electron chi connectivity index (χ1n) is 6.66. The third kappa shape index (κ3) is 4.66. The number of benzene rings is 1. The fraction of sp³-hybridized carbons (Fsp3) is 0.467. The summed E-state index contributed by atoms with van der Waals surface area (Å²) in [5.74, 6) is -0.361. The van der Waals surface area contributed by atoms with Crippen molar-refractivity contribution in [2.45, 2.75) is 26.3 Å². The standard InChI is InChI=1S/C15H23N3O2/c1-15(2,14(20)17-3)10-18-13(19)12(16)9-11-7-5-4-6-8-11/h4-8,12H,9-10,16H2,1-3H3,(H,17,20)(H,18,19)/t12-/m1/s1. The predicted molar refractivity (Wildman–Crippen MR) is 79.0 cm³/mol. The Labute approximate surface area is 119 Å². The lowest BCUT2D eigenvalue weighted by Crippen LogP contribution is -2.48. The highest BCUT2D eigenvalue weighted by molar-refractivity contribution is 5.85. The number of amides is 2. The van der Waals surface area contributed by atoms with Gasteiger partial charge < -0.3 is 16.4 Å². The van der Waals surface area contributed by atoms with E-state index in [1.807, 2.05) is 30.3 Å². The molecular weight excluding hydrogens is 254 g/mol. The van der Waals surface area contributed by atoms with Crippen molar-refractivity contribution in [3.05, 3.63) is 35.9 Å². The maximum Gasteiger partial charge on any atom is 0.237 e. The molecule has 0 saturated carbocycles. The fourth-order valence-corrected chi connectivity index (χ4v) is 1.82. The summed E-state index contributed by atoms with van der Waals surface area (Å²) >= 11 is 0. The molecule has 0 heterocycles. The summed E-state index contributed by atoms with van der Waals surface area (Å²) in [6.45, 7) is 3.80. The minimum atomic E-state index is -0.656. The van der Waals surface area contributed by atoms with Crippen molar-refractivity contribution in [1.82, 2.24) is 10.6 Å². The first-order valence-corrected chi connectivity index (χ1v) is 6.66. The van der Waals surface area contributed by atoms with Crippen molar-refractivity contribution < 1.29 is 9.59 Å². The maximum absolute atomic E-state index is 11.9. The van der Waals surface area contributed by atoms with Crippen molar-refractivity contribution in [3.8, 4) is 0 Å². The molecule has 20 heavy (non-hydrogen) atoms. The zero-order valence-electron chi connectivity index (χ0n) is 12.3. The van der Waals surface area contributed by atoms with Gasteiger partial charge in [-0.1, -0.05) is 30.3 Å². The van der Waals surface area contributed by atoms with Gasteiger partial charge in [-0.2, -0.15) is 0 Å². The smallest absolute Gasteiger partial charge is 0.237 e. The van der Waals surface area contributed by atoms with Gasteiger partial charge in [0.25, 0.3) is 0 Å². The van der Waals surface area contributed by atoms with Crippen LogP contribution < -0.4 is 16.4 Å². The molecular formula is C15H23N3O2. The third-order valence-corrected chi connectivity index (χ3v) is 3.18. The predicted octanol–water partition coefficient (Wildman–Crippen LogP) is 0.445. The molecule has 2 amide bonds. The van der Waals surface area contributed by atoms with Gasteiger partial charge in [0.1, 0.15) is 0 Å². The highest BCUT2D eigenvalue weighted by Gasteiger charge is 2.27. The molecule has 5 nitrogen and oxygen atoms in total. The summed E-state index contributed by atoms with van der Waals surface area (Å²) in [7, 11) is 1.58. The summed E-state index contributed by atoms with van der Waals surface area (Å²) in [6.07, 6.45) is 0.479. The lowest BCUT2D eigenvalue weighted by atomic mass is 9.92. The number of carbonyl (C=O) groups is 2. The average Bonchev–Trinajstić information content (AvgIpc) is 2.44. The molecule has 5 heteroatoms. The zero-order valence-corrected chi connectivity index (χ0v) is 12.3. The fourth-order valence-electron chi connectivity index (χ4n) is 1.82. The number of hydrogen-bond donors (Lipinski definition) is 3. The largest absolute Gasteiger partial charge is 0.359 e. The molecule has 1 atom stereocenters. The Morgan fingerprint density at radius 3 is 2.40 bits per heavy atom. The van der Waals surface area contributed by atoms with E-state index in [0.29, 0.717) is 6.42 Å². The van der Waals surface area contributed by atoms with Crippen LogP contribution in [0.2, 0.25) is 0 Å². The summed E-state index contributed by atoms with van der Waals surface area (Å²) in [5, 5.41) is 5.31. The normalized spacial score (nSPS) is 12.6. The Hall–Kier alpha value is -1.88. The Balaban J connectivity index is 2.48. The average molecular weight is 277 g/mol. The van der Waals surface area contributed by atoms with Crippen molar-refractivity contribution in [1.29, 1.82) is 0 Å². The van der Waals surface area contributed by atoms with Gasteiger partial charge in [0.05, 0.1) is 11.5 Å². The minimum absolute atomic E-state index is 0.116. The highest BCUT2D eigenvalue weighted by Crippen LogP contribution is 2.13. The van der Waals surface area contributed by atoms with Crippen molar-refractivity contribution in [2.75, 3.05) is 13.6 Å². The Morgan fingerprint density at radius 2 is 1.85 bits per heavy atom. The van der Waals surface area contributed by atoms with Gasteiger partial charge in [-0.3, -0.25) is 9.59 Å². The van der Waals surface area contributed by atoms with Crippen LogP contribution in [0, 0.1) is 5.41 Å². The van der Waals surface area contributed by atoms with E-state index in [9.17, 15) is 9.59 Å². The van der Waals surface area contributed by atoms with Gasteiger partial charge in [0.2, 0.25) is 11.8 Å². The van der Waals surface area contributed by atoms with Crippen LogP contribution in [0.5, 0.6) is 0 Å². The van der Waals surface area contributed by atoms with Crippen LogP contribution in [0.4, 0.5) is 0 Å². The summed E-state index contributed by atoms with van der Waals surface area (Å²) < 4.78 is 0. The van der Waals surface area contributed by atoms with Gasteiger partial charge in [-0.15, -0.1) is 0 Å². The molecule has 0 spiro atoms. The molecule has 0 aliphatic carbocycles. The molecule has 0 radical (unpaired) electrons. The van der Waals surface area contributed by atoms with E-state index in [1.165, 1.54) is 0 Å². The number of rotatable bonds is 6. The lowest BCUT2D eigenvalue weighted by molar-refractivity contribution is -0.129. The number of hydrogen-bond acceptors (Lipinski definition) is 3. The second-order valence-corrected chi connectivity index (χ2v) is 5.48. The van der Waals surface area contributed by atoms with E-state index in [1.54, 1.807) is 20.9 Å². The SMILES string of the molecule is CNC(=O)C(C)(C)CNC(=O)[C@H](N)Cc1ccccc1. The van der Waals surface area contributed by atoms with Crippen LogP contribution in [0.15, 0.2) is 30.3 Å². The molecule has 0 aliphatic heterocycles. The Bertz CT molecular complexity index is 457. The third-order valence-electron chi connectivity index (χ3n) is 3.18. The van der Waals surface area contributed by atoms with E-state index in [2.05, 4.69) is 10.6 Å². The minimum Gasteiger partial charge on any atom is -0.359 e. The van der Waals surface area contributed by atoms with E-state index in [-0.39, 0.29) is 18.4 Å². The number of carbonyl (C=O) groups excluding carboxylic acids is 2. The maximum atomic E-state index is 11.9. The summed E-state index contributed by atoms with van der Waals surface area (Å²) in [4.78, 5) is 23.6. The molecule has 0 aliphatic rings. The van der Waals surface area contributed by atoms with Crippen LogP contribution in [0.1, 0.15) is 19.4 Å². The van der Waals surface area contributed by atoms with Crippen molar-refractivity contribution >= 4 is 11.8 Å². The summed E-state index contributed by atoms with van der Waals surface area (Å²) in [5.41, 5.74) is 6.23. The first-order chi connectivity index (χ1) is 9.36. The molecule has 0 fully saturated rings. The number of nitrogens with one attached hydrogen (secondary N) is 2. The van der Waals surface area contributed by atoms with Crippen LogP contribution >= 0.6 is 0 Å². The van der Waals surface area contributed by atoms with Gasteiger partial charge in [-0.05, 0) is 25.8 Å². The lowest BCUT2D eigenvalue weighted by Gasteiger charge is -2.23.